The number of hydrogen-bond donors (Lipinski definition) is 2. The summed E-state index contributed by atoms with van der Waals surface area (Å²) in [4.78, 5) is 12.3. The number of halogens is 3. The van der Waals surface area contributed by atoms with Crippen molar-refractivity contribution in [3.63, 3.8) is 0 Å². The van der Waals surface area contributed by atoms with E-state index in [0.717, 1.165) is 23.5 Å². The molecule has 0 unspecified atom stereocenters. The zero-order valence-corrected chi connectivity index (χ0v) is 13.7. The van der Waals surface area contributed by atoms with E-state index >= 15 is 0 Å². The summed E-state index contributed by atoms with van der Waals surface area (Å²) in [6.07, 6.45) is -1.90. The number of anilines is 2. The number of aromatic nitrogens is 3. The smallest absolute Gasteiger partial charge is 0.368 e. The third-order valence-corrected chi connectivity index (χ3v) is 3.53. The molecule has 0 atom stereocenters. The van der Waals surface area contributed by atoms with Gasteiger partial charge in [0, 0.05) is 31.0 Å². The number of benzene rings is 1. The molecule has 3 rings (SSSR count). The Balaban J connectivity index is 1.51. The Bertz CT molecular complexity index is 835. The number of pyridine rings is 1. The summed E-state index contributed by atoms with van der Waals surface area (Å²) in [5.74, 6) is 0.854. The van der Waals surface area contributed by atoms with Crippen molar-refractivity contribution in [2.45, 2.75) is 6.18 Å². The molecule has 0 aliphatic heterocycles. The SMILES string of the molecule is FC(F)(F)c1ccc(NCCNc2nccc(-c3ccccc3)n2)nc1. The molecule has 1 aromatic carbocycles. The van der Waals surface area contributed by atoms with Crippen LogP contribution in [0.15, 0.2) is 60.9 Å². The molecule has 0 spiro atoms. The van der Waals surface area contributed by atoms with Gasteiger partial charge in [0.1, 0.15) is 5.82 Å². The van der Waals surface area contributed by atoms with E-state index in [1.54, 1.807) is 6.20 Å². The Hall–Kier alpha value is -3.16. The summed E-state index contributed by atoms with van der Waals surface area (Å²) in [6, 6.07) is 13.9. The van der Waals surface area contributed by atoms with Gasteiger partial charge < -0.3 is 10.6 Å². The van der Waals surface area contributed by atoms with Gasteiger partial charge in [0.15, 0.2) is 0 Å². The summed E-state index contributed by atoms with van der Waals surface area (Å²) in [7, 11) is 0. The van der Waals surface area contributed by atoms with Crippen molar-refractivity contribution in [3.05, 3.63) is 66.5 Å². The van der Waals surface area contributed by atoms with Gasteiger partial charge >= 0.3 is 6.18 Å². The monoisotopic (exact) mass is 359 g/mol. The van der Waals surface area contributed by atoms with E-state index in [0.29, 0.717) is 24.9 Å². The first kappa shape index (κ1) is 17.7. The highest BCUT2D eigenvalue weighted by molar-refractivity contribution is 5.59. The number of nitrogens with one attached hydrogen (secondary N) is 2. The third kappa shape index (κ3) is 4.69. The minimum atomic E-state index is -4.38. The van der Waals surface area contributed by atoms with Crippen LogP contribution in [0.5, 0.6) is 0 Å². The predicted molar refractivity (Wildman–Crippen MR) is 93.7 cm³/mol. The van der Waals surface area contributed by atoms with Gasteiger partial charge in [-0.25, -0.2) is 15.0 Å². The van der Waals surface area contributed by atoms with Gasteiger partial charge in [-0.05, 0) is 18.2 Å². The average molecular weight is 359 g/mol. The van der Waals surface area contributed by atoms with Gasteiger partial charge in [-0.1, -0.05) is 30.3 Å². The maximum Gasteiger partial charge on any atom is 0.417 e. The zero-order valence-electron chi connectivity index (χ0n) is 13.7. The van der Waals surface area contributed by atoms with Gasteiger partial charge in [0.25, 0.3) is 0 Å². The van der Waals surface area contributed by atoms with E-state index in [1.807, 2.05) is 36.4 Å². The highest BCUT2D eigenvalue weighted by Gasteiger charge is 2.30. The standard InChI is InChI=1S/C18H16F3N5/c19-18(20,21)14-6-7-16(25-12-14)22-10-11-24-17-23-9-8-15(26-17)13-4-2-1-3-5-13/h1-9,12H,10-11H2,(H,22,25)(H,23,24,26). The minimum Gasteiger partial charge on any atom is -0.368 e. The van der Waals surface area contributed by atoms with Crippen LogP contribution in [-0.2, 0) is 6.18 Å². The molecule has 0 bridgehead atoms. The van der Waals surface area contributed by atoms with E-state index in [9.17, 15) is 13.2 Å². The molecule has 2 aromatic heterocycles. The molecule has 2 N–H and O–H groups in total. The third-order valence-electron chi connectivity index (χ3n) is 3.53. The number of alkyl halides is 3. The molecule has 8 heteroatoms. The van der Waals surface area contributed by atoms with Crippen LogP contribution in [0, 0.1) is 0 Å². The molecule has 0 aliphatic carbocycles. The molecule has 0 radical (unpaired) electrons. The van der Waals surface area contributed by atoms with Crippen LogP contribution < -0.4 is 10.6 Å². The van der Waals surface area contributed by atoms with Crippen molar-refractivity contribution in [1.29, 1.82) is 0 Å². The summed E-state index contributed by atoms with van der Waals surface area (Å²) < 4.78 is 37.5. The molecule has 0 saturated carbocycles. The zero-order chi connectivity index (χ0) is 18.4. The lowest BCUT2D eigenvalue weighted by Crippen LogP contribution is -2.16. The highest BCUT2D eigenvalue weighted by Crippen LogP contribution is 2.28. The number of rotatable bonds is 6. The van der Waals surface area contributed by atoms with Crippen molar-refractivity contribution in [1.82, 2.24) is 15.0 Å². The fraction of sp³-hybridized carbons (Fsp3) is 0.167. The molecule has 5 nitrogen and oxygen atoms in total. The summed E-state index contributed by atoms with van der Waals surface area (Å²) in [5.41, 5.74) is 1.03. The Kier molecular flexibility index (Phi) is 5.31. The first-order valence-electron chi connectivity index (χ1n) is 7.92. The van der Waals surface area contributed by atoms with Gasteiger partial charge in [-0.2, -0.15) is 13.2 Å². The summed E-state index contributed by atoms with van der Waals surface area (Å²) in [6.45, 7) is 0.943. The topological polar surface area (TPSA) is 62.7 Å². The van der Waals surface area contributed by atoms with E-state index in [4.69, 9.17) is 0 Å². The molecule has 134 valence electrons. The molecule has 26 heavy (non-hydrogen) atoms. The summed E-state index contributed by atoms with van der Waals surface area (Å²) in [5, 5.41) is 6.01. The van der Waals surface area contributed by atoms with Gasteiger partial charge in [-0.15, -0.1) is 0 Å². The fourth-order valence-corrected chi connectivity index (χ4v) is 2.24. The second kappa shape index (κ2) is 7.81. The lowest BCUT2D eigenvalue weighted by molar-refractivity contribution is -0.137. The predicted octanol–water partition coefficient (Wildman–Crippen LogP) is 4.08. The van der Waals surface area contributed by atoms with Crippen LogP contribution in [0.2, 0.25) is 0 Å². The van der Waals surface area contributed by atoms with Crippen LogP contribution >= 0.6 is 0 Å². The summed E-state index contributed by atoms with van der Waals surface area (Å²) >= 11 is 0. The molecule has 2 heterocycles. The van der Waals surface area contributed by atoms with Crippen molar-refractivity contribution in [3.8, 4) is 11.3 Å². The normalized spacial score (nSPS) is 11.2. The quantitative estimate of drug-likeness (QED) is 0.650. The van der Waals surface area contributed by atoms with Crippen molar-refractivity contribution >= 4 is 11.8 Å². The van der Waals surface area contributed by atoms with Crippen molar-refractivity contribution < 1.29 is 13.2 Å². The first-order chi connectivity index (χ1) is 12.5. The maximum atomic E-state index is 12.5. The largest absolute Gasteiger partial charge is 0.417 e. The molecular formula is C18H16F3N5. The van der Waals surface area contributed by atoms with E-state index in [2.05, 4.69) is 25.6 Å². The second-order valence-electron chi connectivity index (χ2n) is 5.41. The average Bonchev–Trinajstić information content (AvgIpc) is 2.66. The van der Waals surface area contributed by atoms with E-state index in [1.165, 1.54) is 6.07 Å². The fourth-order valence-electron chi connectivity index (χ4n) is 2.24. The first-order valence-corrected chi connectivity index (χ1v) is 7.92. The van der Waals surface area contributed by atoms with Crippen LogP contribution in [0.25, 0.3) is 11.3 Å². The van der Waals surface area contributed by atoms with Crippen LogP contribution in [-0.4, -0.2) is 28.0 Å². The molecular weight excluding hydrogens is 343 g/mol. The minimum absolute atomic E-state index is 0.374. The van der Waals surface area contributed by atoms with Gasteiger partial charge in [0.2, 0.25) is 5.95 Å². The van der Waals surface area contributed by atoms with Gasteiger partial charge in [0.05, 0.1) is 11.3 Å². The molecule has 0 fully saturated rings. The van der Waals surface area contributed by atoms with Crippen LogP contribution in [0.3, 0.4) is 0 Å². The lowest BCUT2D eigenvalue weighted by atomic mass is 10.1. The number of nitrogens with zero attached hydrogens (tertiary/aromatic N) is 3. The lowest BCUT2D eigenvalue weighted by Gasteiger charge is -2.09. The van der Waals surface area contributed by atoms with Crippen LogP contribution in [0.4, 0.5) is 24.9 Å². The Morgan fingerprint density at radius 1 is 0.846 bits per heavy atom. The Morgan fingerprint density at radius 2 is 1.62 bits per heavy atom. The van der Waals surface area contributed by atoms with Crippen LogP contribution in [0.1, 0.15) is 5.56 Å². The van der Waals surface area contributed by atoms with Crippen molar-refractivity contribution in [2.24, 2.45) is 0 Å². The Labute approximate surface area is 148 Å². The van der Waals surface area contributed by atoms with Gasteiger partial charge in [-0.3, -0.25) is 0 Å². The second-order valence-corrected chi connectivity index (χ2v) is 5.41. The molecule has 3 aromatic rings. The van der Waals surface area contributed by atoms with E-state index in [-0.39, 0.29) is 0 Å². The van der Waals surface area contributed by atoms with Crippen molar-refractivity contribution in [2.75, 3.05) is 23.7 Å². The Morgan fingerprint density at radius 3 is 2.31 bits per heavy atom. The molecule has 0 aliphatic rings. The maximum absolute atomic E-state index is 12.5. The highest BCUT2D eigenvalue weighted by atomic mass is 19.4. The number of hydrogen-bond acceptors (Lipinski definition) is 5. The molecule has 0 saturated heterocycles. The molecule has 0 amide bonds. The van der Waals surface area contributed by atoms with E-state index < -0.39 is 11.7 Å².